The molecule has 0 saturated heterocycles. The van der Waals surface area contributed by atoms with Gasteiger partial charge in [-0.1, -0.05) is 20.8 Å². The maximum atomic E-state index is 12.4. The van der Waals surface area contributed by atoms with Gasteiger partial charge >= 0.3 is 6.18 Å². The molecule has 1 N–H and O–H groups in total. The monoisotopic (exact) mass is 253 g/mol. The first kappa shape index (κ1) is 14.8. The molecule has 0 radical (unpaired) electrons. The summed E-state index contributed by atoms with van der Waals surface area (Å²) in [5, 5.41) is 3.30. The van der Waals surface area contributed by atoms with Crippen molar-refractivity contribution >= 4 is 0 Å². The molecule has 0 heterocycles. The number of alkyl halides is 3. The first-order valence-corrected chi connectivity index (χ1v) is 6.21. The Balaban J connectivity index is 2.57. The highest BCUT2D eigenvalue weighted by Gasteiger charge is 2.53. The predicted octanol–water partition coefficient (Wildman–Crippen LogP) is 3.12. The third kappa shape index (κ3) is 2.94. The van der Waals surface area contributed by atoms with Gasteiger partial charge < -0.3 is 10.1 Å². The highest BCUT2D eigenvalue weighted by molar-refractivity contribution is 5.05. The average molecular weight is 253 g/mol. The zero-order valence-electron chi connectivity index (χ0n) is 10.9. The molecule has 0 amide bonds. The summed E-state index contributed by atoms with van der Waals surface area (Å²) in [6.45, 7) is 7.91. The fourth-order valence-corrected chi connectivity index (χ4v) is 2.39. The number of halogens is 3. The van der Waals surface area contributed by atoms with Gasteiger partial charge in [0.05, 0.1) is 6.10 Å². The fraction of sp³-hybridized carbons (Fsp3) is 1.00. The lowest BCUT2D eigenvalue weighted by Gasteiger charge is -2.54. The summed E-state index contributed by atoms with van der Waals surface area (Å²) >= 11 is 0. The van der Waals surface area contributed by atoms with Gasteiger partial charge in [0.25, 0.3) is 0 Å². The summed E-state index contributed by atoms with van der Waals surface area (Å²) < 4.78 is 42.5. The normalized spacial score (nSPS) is 35.5. The van der Waals surface area contributed by atoms with E-state index in [1.807, 2.05) is 20.8 Å². The van der Waals surface area contributed by atoms with Gasteiger partial charge in [-0.15, -0.1) is 0 Å². The van der Waals surface area contributed by atoms with Crippen LogP contribution in [0.4, 0.5) is 13.2 Å². The molecule has 1 aliphatic carbocycles. The van der Waals surface area contributed by atoms with Crippen LogP contribution in [0.15, 0.2) is 0 Å². The van der Waals surface area contributed by atoms with Gasteiger partial charge in [0.1, 0.15) is 0 Å². The van der Waals surface area contributed by atoms with Crippen molar-refractivity contribution < 1.29 is 17.9 Å². The van der Waals surface area contributed by atoms with Crippen LogP contribution >= 0.6 is 0 Å². The highest BCUT2D eigenvalue weighted by Crippen LogP contribution is 2.47. The number of hydrogen-bond acceptors (Lipinski definition) is 2. The van der Waals surface area contributed by atoms with Crippen molar-refractivity contribution in [3.63, 3.8) is 0 Å². The molecule has 1 saturated carbocycles. The number of rotatable bonds is 5. The molecule has 2 nitrogen and oxygen atoms in total. The number of ether oxygens (including phenoxy) is 1. The van der Waals surface area contributed by atoms with Crippen LogP contribution in [0.3, 0.4) is 0 Å². The minimum absolute atomic E-state index is 0.185. The highest BCUT2D eigenvalue weighted by atomic mass is 19.4. The fourth-order valence-electron chi connectivity index (χ4n) is 2.39. The van der Waals surface area contributed by atoms with Crippen LogP contribution in [0.5, 0.6) is 0 Å². The molecular formula is C12H22F3NO. The van der Waals surface area contributed by atoms with E-state index in [0.717, 1.165) is 19.9 Å². The maximum Gasteiger partial charge on any atom is 0.414 e. The first-order valence-electron chi connectivity index (χ1n) is 6.21. The van der Waals surface area contributed by atoms with Crippen LogP contribution in [0.25, 0.3) is 0 Å². The predicted molar refractivity (Wildman–Crippen MR) is 60.9 cm³/mol. The molecule has 1 rings (SSSR count). The van der Waals surface area contributed by atoms with E-state index in [4.69, 9.17) is 4.74 Å². The molecule has 102 valence electrons. The Bertz CT molecular complexity index is 257. The Morgan fingerprint density at radius 1 is 1.41 bits per heavy atom. The van der Waals surface area contributed by atoms with E-state index in [1.165, 1.54) is 0 Å². The second-order valence-electron chi connectivity index (χ2n) is 5.01. The molecule has 0 aromatic carbocycles. The molecule has 5 heteroatoms. The summed E-state index contributed by atoms with van der Waals surface area (Å²) in [7, 11) is 0. The summed E-state index contributed by atoms with van der Waals surface area (Å²) in [6, 6.07) is 0.267. The average Bonchev–Trinajstić information content (AvgIpc) is 2.25. The van der Waals surface area contributed by atoms with Gasteiger partial charge in [-0.25, -0.2) is 0 Å². The van der Waals surface area contributed by atoms with Crippen LogP contribution in [-0.4, -0.2) is 31.0 Å². The van der Waals surface area contributed by atoms with E-state index in [-0.39, 0.29) is 17.6 Å². The van der Waals surface area contributed by atoms with E-state index in [9.17, 15) is 13.2 Å². The van der Waals surface area contributed by atoms with E-state index < -0.39 is 12.3 Å². The molecule has 0 bridgehead atoms. The van der Waals surface area contributed by atoms with Crippen LogP contribution in [0.1, 0.15) is 40.5 Å². The summed E-state index contributed by atoms with van der Waals surface area (Å²) in [6.07, 6.45) is -4.76. The molecule has 4 atom stereocenters. The minimum Gasteiger partial charge on any atom is -0.365 e. The topological polar surface area (TPSA) is 21.3 Å². The molecule has 0 spiro atoms. The summed E-state index contributed by atoms with van der Waals surface area (Å²) in [5.74, 6) is 0. The zero-order valence-corrected chi connectivity index (χ0v) is 10.9. The third-order valence-corrected chi connectivity index (χ3v) is 4.02. The Morgan fingerprint density at radius 2 is 2.00 bits per heavy atom. The van der Waals surface area contributed by atoms with Crippen molar-refractivity contribution in [3.05, 3.63) is 0 Å². The van der Waals surface area contributed by atoms with Gasteiger partial charge in [-0.3, -0.25) is 0 Å². The Hall–Kier alpha value is -0.290. The van der Waals surface area contributed by atoms with Crippen molar-refractivity contribution in [2.45, 2.75) is 65.0 Å². The van der Waals surface area contributed by atoms with Crippen molar-refractivity contribution in [2.75, 3.05) is 6.54 Å². The lowest BCUT2D eigenvalue weighted by atomic mass is 9.61. The Labute approximate surface area is 101 Å². The SMILES string of the molecule is CCNC1CC(OC(C)C(F)(F)F)C1(C)CC. The second kappa shape index (κ2) is 5.14. The van der Waals surface area contributed by atoms with Crippen molar-refractivity contribution in [1.29, 1.82) is 0 Å². The first-order chi connectivity index (χ1) is 7.75. The smallest absolute Gasteiger partial charge is 0.365 e. The van der Waals surface area contributed by atoms with Crippen molar-refractivity contribution in [2.24, 2.45) is 5.41 Å². The summed E-state index contributed by atoms with van der Waals surface area (Å²) in [5.41, 5.74) is -0.185. The largest absolute Gasteiger partial charge is 0.414 e. The number of nitrogens with one attached hydrogen (secondary N) is 1. The molecule has 17 heavy (non-hydrogen) atoms. The van der Waals surface area contributed by atoms with E-state index in [1.54, 1.807) is 0 Å². The third-order valence-electron chi connectivity index (χ3n) is 4.02. The maximum absolute atomic E-state index is 12.4. The van der Waals surface area contributed by atoms with Crippen LogP contribution in [0, 0.1) is 5.41 Å². The molecule has 0 aromatic heterocycles. The van der Waals surface area contributed by atoms with Crippen LogP contribution in [-0.2, 0) is 4.74 Å². The molecule has 1 fully saturated rings. The van der Waals surface area contributed by atoms with E-state index in [2.05, 4.69) is 5.32 Å². The molecule has 0 aliphatic heterocycles. The standard InChI is InChI=1S/C12H22F3NO/c1-5-11(4)9(16-6-2)7-10(11)17-8(3)12(13,14)15/h8-10,16H,5-7H2,1-4H3. The van der Waals surface area contributed by atoms with Crippen molar-refractivity contribution in [1.82, 2.24) is 5.32 Å². The van der Waals surface area contributed by atoms with Crippen molar-refractivity contribution in [3.8, 4) is 0 Å². The Morgan fingerprint density at radius 3 is 2.41 bits per heavy atom. The van der Waals surface area contributed by atoms with E-state index >= 15 is 0 Å². The lowest BCUT2D eigenvalue weighted by Crippen LogP contribution is -2.63. The summed E-state index contributed by atoms with van der Waals surface area (Å²) in [4.78, 5) is 0. The Kier molecular flexibility index (Phi) is 4.47. The zero-order chi connectivity index (χ0) is 13.3. The van der Waals surface area contributed by atoms with Gasteiger partial charge in [0.15, 0.2) is 6.10 Å². The van der Waals surface area contributed by atoms with Gasteiger partial charge in [-0.2, -0.15) is 13.2 Å². The number of hydrogen-bond donors (Lipinski definition) is 1. The van der Waals surface area contributed by atoms with E-state index in [0.29, 0.717) is 6.42 Å². The second-order valence-corrected chi connectivity index (χ2v) is 5.01. The lowest BCUT2D eigenvalue weighted by molar-refractivity contribution is -0.258. The van der Waals surface area contributed by atoms with Gasteiger partial charge in [-0.05, 0) is 26.3 Å². The van der Waals surface area contributed by atoms with Gasteiger partial charge in [0, 0.05) is 11.5 Å². The van der Waals surface area contributed by atoms with Crippen LogP contribution < -0.4 is 5.32 Å². The van der Waals surface area contributed by atoms with Crippen LogP contribution in [0.2, 0.25) is 0 Å². The molecule has 1 aliphatic rings. The minimum atomic E-state index is -4.27. The molecule has 0 aromatic rings. The quantitative estimate of drug-likeness (QED) is 0.812. The van der Waals surface area contributed by atoms with Gasteiger partial charge in [0.2, 0.25) is 0 Å². The molecule has 4 unspecified atom stereocenters. The molecular weight excluding hydrogens is 231 g/mol.